The second kappa shape index (κ2) is 9.43. The fourth-order valence-electron chi connectivity index (χ4n) is 4.12. The number of nitrogens with zero attached hydrogens (tertiary/aromatic N) is 3. The van der Waals surface area contributed by atoms with Crippen LogP contribution >= 0.6 is 0 Å². The molecule has 32 heavy (non-hydrogen) atoms. The Morgan fingerprint density at radius 3 is 2.59 bits per heavy atom. The van der Waals surface area contributed by atoms with Crippen molar-refractivity contribution < 1.29 is 9.72 Å². The van der Waals surface area contributed by atoms with E-state index in [2.05, 4.69) is 10.3 Å². The molecule has 0 aliphatic rings. The number of benzene rings is 2. The Balaban J connectivity index is 1.64. The number of aryl methyl sites for hydroxylation is 1. The summed E-state index contributed by atoms with van der Waals surface area (Å²) in [6, 6.07) is 20.2. The van der Waals surface area contributed by atoms with E-state index in [0.717, 1.165) is 22.2 Å². The van der Waals surface area contributed by atoms with Crippen molar-refractivity contribution in [2.45, 2.75) is 18.8 Å². The van der Waals surface area contributed by atoms with E-state index in [1.165, 1.54) is 6.07 Å². The van der Waals surface area contributed by atoms with Crippen molar-refractivity contribution >= 4 is 22.5 Å². The molecule has 0 aliphatic heterocycles. The predicted octanol–water partition coefficient (Wildman–Crippen LogP) is 4.36. The molecule has 2 aromatic carbocycles. The highest BCUT2D eigenvalue weighted by Gasteiger charge is 2.28. The van der Waals surface area contributed by atoms with E-state index in [1.54, 1.807) is 24.4 Å². The van der Waals surface area contributed by atoms with Gasteiger partial charge in [-0.1, -0.05) is 42.5 Å². The van der Waals surface area contributed by atoms with Gasteiger partial charge < -0.3 is 9.88 Å². The first-order valence-corrected chi connectivity index (χ1v) is 10.5. The molecule has 4 aromatic rings. The zero-order chi connectivity index (χ0) is 22.5. The molecule has 1 amide bonds. The Morgan fingerprint density at radius 1 is 1.06 bits per heavy atom. The summed E-state index contributed by atoms with van der Waals surface area (Å²) >= 11 is 0. The second-order valence-electron chi connectivity index (χ2n) is 7.71. The molecule has 0 saturated heterocycles. The van der Waals surface area contributed by atoms with Crippen molar-refractivity contribution in [1.82, 2.24) is 14.9 Å². The first-order chi connectivity index (χ1) is 15.5. The zero-order valence-corrected chi connectivity index (χ0v) is 17.8. The van der Waals surface area contributed by atoms with Crippen LogP contribution in [-0.2, 0) is 18.3 Å². The molecule has 4 rings (SSSR count). The van der Waals surface area contributed by atoms with E-state index in [-0.39, 0.29) is 22.9 Å². The van der Waals surface area contributed by atoms with Crippen LogP contribution in [0.25, 0.3) is 10.9 Å². The van der Waals surface area contributed by atoms with Crippen LogP contribution in [0, 0.1) is 10.1 Å². The summed E-state index contributed by atoms with van der Waals surface area (Å²) in [5, 5.41) is 15.7. The number of fused-ring (bicyclic) bond motifs is 1. The number of amides is 1. The number of rotatable bonds is 8. The number of hydrogen-bond donors (Lipinski definition) is 1. The van der Waals surface area contributed by atoms with Crippen LogP contribution in [0.2, 0.25) is 0 Å². The lowest BCUT2D eigenvalue weighted by atomic mass is 9.87. The van der Waals surface area contributed by atoms with Crippen LogP contribution < -0.4 is 5.32 Å². The summed E-state index contributed by atoms with van der Waals surface area (Å²) in [6.45, 7) is 0.453. The average molecular weight is 428 g/mol. The van der Waals surface area contributed by atoms with Gasteiger partial charge in [0, 0.05) is 73.0 Å². The molecule has 2 aromatic heterocycles. The van der Waals surface area contributed by atoms with E-state index >= 15 is 0 Å². The van der Waals surface area contributed by atoms with Gasteiger partial charge in [0.25, 0.3) is 5.69 Å². The number of para-hydroxylation sites is 2. The Morgan fingerprint density at radius 2 is 1.81 bits per heavy atom. The fourth-order valence-corrected chi connectivity index (χ4v) is 4.12. The van der Waals surface area contributed by atoms with E-state index < -0.39 is 5.92 Å². The predicted molar refractivity (Wildman–Crippen MR) is 123 cm³/mol. The summed E-state index contributed by atoms with van der Waals surface area (Å²) in [7, 11) is 1.94. The van der Waals surface area contributed by atoms with Gasteiger partial charge in [0.15, 0.2) is 0 Å². The zero-order valence-electron chi connectivity index (χ0n) is 17.8. The van der Waals surface area contributed by atoms with Crippen LogP contribution in [0.4, 0.5) is 5.69 Å². The van der Waals surface area contributed by atoms with Gasteiger partial charge in [-0.15, -0.1) is 0 Å². The van der Waals surface area contributed by atoms with Gasteiger partial charge in [-0.25, -0.2) is 0 Å². The Bertz CT molecular complexity index is 1250. The minimum absolute atomic E-state index is 0.0201. The highest BCUT2D eigenvalue weighted by Crippen LogP contribution is 2.38. The molecule has 1 N–H and O–H groups in total. The minimum atomic E-state index is -0.447. The molecule has 0 saturated carbocycles. The van der Waals surface area contributed by atoms with Crippen LogP contribution in [-0.4, -0.2) is 26.9 Å². The number of nitro benzene ring substituents is 1. The average Bonchev–Trinajstić information content (AvgIpc) is 3.14. The smallest absolute Gasteiger partial charge is 0.273 e. The molecule has 0 radical (unpaired) electrons. The van der Waals surface area contributed by atoms with Crippen LogP contribution in [0.15, 0.2) is 79.1 Å². The Hall–Kier alpha value is -4.00. The minimum Gasteiger partial charge on any atom is -0.356 e. The molecule has 1 atom stereocenters. The normalized spacial score (nSPS) is 11.9. The highest BCUT2D eigenvalue weighted by atomic mass is 16.6. The third kappa shape index (κ3) is 4.51. The van der Waals surface area contributed by atoms with Crippen molar-refractivity contribution in [3.63, 3.8) is 0 Å². The number of nitrogens with one attached hydrogen (secondary N) is 1. The molecule has 2 heterocycles. The lowest BCUT2D eigenvalue weighted by Crippen LogP contribution is -2.27. The molecule has 7 nitrogen and oxygen atoms in total. The van der Waals surface area contributed by atoms with E-state index in [4.69, 9.17) is 0 Å². The maximum absolute atomic E-state index is 12.9. The van der Waals surface area contributed by atoms with E-state index in [0.29, 0.717) is 18.5 Å². The molecule has 0 bridgehead atoms. The number of pyridine rings is 1. The molecule has 0 unspecified atom stereocenters. The number of carbonyl (C=O) groups excluding carboxylic acids is 1. The SMILES string of the molecule is Cn1cc([C@@H](CC(=O)NCCc2ccccn2)c2ccccc2[N+](=O)[O-])c2ccccc21. The topological polar surface area (TPSA) is 90.1 Å². The number of nitro groups is 1. The number of hydrogen-bond acceptors (Lipinski definition) is 4. The van der Waals surface area contributed by atoms with Gasteiger partial charge >= 0.3 is 0 Å². The maximum atomic E-state index is 12.9. The van der Waals surface area contributed by atoms with E-state index in [9.17, 15) is 14.9 Å². The van der Waals surface area contributed by atoms with Crippen molar-refractivity contribution in [3.05, 3.63) is 106 Å². The molecule has 0 spiro atoms. The molecular weight excluding hydrogens is 404 g/mol. The van der Waals surface area contributed by atoms with E-state index in [1.807, 2.05) is 60.3 Å². The largest absolute Gasteiger partial charge is 0.356 e. The summed E-state index contributed by atoms with van der Waals surface area (Å²) < 4.78 is 1.99. The number of carbonyl (C=O) groups is 1. The van der Waals surface area contributed by atoms with Crippen LogP contribution in [0.5, 0.6) is 0 Å². The summed E-state index contributed by atoms with van der Waals surface area (Å²) in [4.78, 5) is 28.5. The molecule has 0 aliphatic carbocycles. The lowest BCUT2D eigenvalue weighted by Gasteiger charge is -2.17. The van der Waals surface area contributed by atoms with Gasteiger partial charge in [0.1, 0.15) is 0 Å². The van der Waals surface area contributed by atoms with Gasteiger partial charge in [-0.05, 0) is 23.8 Å². The van der Waals surface area contributed by atoms with Crippen molar-refractivity contribution in [3.8, 4) is 0 Å². The van der Waals surface area contributed by atoms with Crippen molar-refractivity contribution in [2.24, 2.45) is 7.05 Å². The highest BCUT2D eigenvalue weighted by molar-refractivity contribution is 5.87. The van der Waals surface area contributed by atoms with Crippen molar-refractivity contribution in [2.75, 3.05) is 6.54 Å². The van der Waals surface area contributed by atoms with Gasteiger partial charge in [-0.3, -0.25) is 19.9 Å². The Kier molecular flexibility index (Phi) is 6.26. The maximum Gasteiger partial charge on any atom is 0.273 e. The summed E-state index contributed by atoms with van der Waals surface area (Å²) in [6.07, 6.45) is 4.42. The molecule has 7 heteroatoms. The third-order valence-electron chi connectivity index (χ3n) is 5.63. The Labute approximate surface area is 185 Å². The van der Waals surface area contributed by atoms with Crippen LogP contribution in [0.3, 0.4) is 0 Å². The van der Waals surface area contributed by atoms with Gasteiger partial charge in [0.05, 0.1) is 4.92 Å². The first-order valence-electron chi connectivity index (χ1n) is 10.5. The molecule has 0 fully saturated rings. The molecule has 162 valence electrons. The lowest BCUT2D eigenvalue weighted by molar-refractivity contribution is -0.385. The van der Waals surface area contributed by atoms with Gasteiger partial charge in [0.2, 0.25) is 5.91 Å². The standard InChI is InChI=1S/C25H24N4O3/c1-28-17-22(20-10-2-4-11-23(20)28)21(19-9-3-5-12-24(19)29(31)32)16-25(30)27-15-13-18-8-6-7-14-26-18/h2-12,14,17,21H,13,15-16H2,1H3,(H,27,30)/t21-/m0/s1. The summed E-state index contributed by atoms with van der Waals surface area (Å²) in [5.41, 5.74) is 3.37. The van der Waals surface area contributed by atoms with Crippen molar-refractivity contribution in [1.29, 1.82) is 0 Å². The van der Waals surface area contributed by atoms with Gasteiger partial charge in [-0.2, -0.15) is 0 Å². The monoisotopic (exact) mass is 428 g/mol. The fraction of sp³-hybridized carbons (Fsp3) is 0.200. The first kappa shape index (κ1) is 21.2. The number of aromatic nitrogens is 2. The van der Waals surface area contributed by atoms with Crippen LogP contribution in [0.1, 0.15) is 29.2 Å². The quantitative estimate of drug-likeness (QED) is 0.333. The second-order valence-corrected chi connectivity index (χ2v) is 7.71. The third-order valence-corrected chi connectivity index (χ3v) is 5.63. The molecular formula is C25H24N4O3. The summed E-state index contributed by atoms with van der Waals surface area (Å²) in [5.74, 6) is -0.602.